The van der Waals surface area contributed by atoms with Crippen molar-refractivity contribution in [2.75, 3.05) is 7.05 Å². The van der Waals surface area contributed by atoms with Crippen LogP contribution in [0.15, 0.2) is 18.2 Å². The van der Waals surface area contributed by atoms with Crippen molar-refractivity contribution in [2.24, 2.45) is 0 Å². The molecule has 3 amide bonds. The van der Waals surface area contributed by atoms with Gasteiger partial charge in [0, 0.05) is 17.1 Å². The van der Waals surface area contributed by atoms with Gasteiger partial charge in [-0.15, -0.1) is 11.3 Å². The van der Waals surface area contributed by atoms with Gasteiger partial charge in [-0.2, -0.15) is 0 Å². The number of hydrogen-bond donors (Lipinski definition) is 2. The van der Waals surface area contributed by atoms with E-state index in [2.05, 4.69) is 5.32 Å². The number of fused-ring (bicyclic) bond motifs is 1. The summed E-state index contributed by atoms with van der Waals surface area (Å²) in [7, 11) is 1.36. The van der Waals surface area contributed by atoms with E-state index in [4.69, 9.17) is 4.74 Å². The van der Waals surface area contributed by atoms with E-state index in [0.717, 1.165) is 11.3 Å². The van der Waals surface area contributed by atoms with E-state index in [9.17, 15) is 18.8 Å². The first-order chi connectivity index (χ1) is 10.8. The Kier molecular flexibility index (Phi) is 4.95. The quantitative estimate of drug-likeness (QED) is 0.842. The number of ether oxygens (including phenoxy) is 1. The summed E-state index contributed by atoms with van der Waals surface area (Å²) in [5.74, 6) is -1.90. The maximum atomic E-state index is 13.8. The number of urea groups is 1. The molecule has 8 heteroatoms. The molecule has 0 aliphatic heterocycles. The van der Waals surface area contributed by atoms with Crippen LogP contribution in [-0.4, -0.2) is 31.1 Å². The van der Waals surface area contributed by atoms with Crippen LogP contribution in [0.3, 0.4) is 0 Å². The van der Waals surface area contributed by atoms with Gasteiger partial charge in [0.15, 0.2) is 6.10 Å². The minimum Gasteiger partial charge on any atom is -0.448 e. The first kappa shape index (κ1) is 16.9. The first-order valence-corrected chi connectivity index (χ1v) is 7.58. The van der Waals surface area contributed by atoms with Crippen LogP contribution < -0.4 is 10.6 Å². The molecule has 0 saturated heterocycles. The molecule has 6 nitrogen and oxygen atoms in total. The van der Waals surface area contributed by atoms with Crippen LogP contribution in [0.25, 0.3) is 10.1 Å². The standard InChI is InChI=1S/C15H15FN2O4S/c1-7-11-9(16)5-4-6-10(11)23-12(7)14(20)22-8(2)13(19)18-15(21)17-3/h4-6,8H,1-3H3,(H2,17,18,19,21)/t8-/m0/s1. The molecule has 2 rings (SSSR count). The van der Waals surface area contributed by atoms with E-state index in [1.54, 1.807) is 19.1 Å². The van der Waals surface area contributed by atoms with E-state index < -0.39 is 29.8 Å². The van der Waals surface area contributed by atoms with Gasteiger partial charge in [-0.1, -0.05) is 6.07 Å². The molecule has 23 heavy (non-hydrogen) atoms. The van der Waals surface area contributed by atoms with Gasteiger partial charge in [0.05, 0.1) is 0 Å². The monoisotopic (exact) mass is 338 g/mol. The maximum Gasteiger partial charge on any atom is 0.349 e. The highest BCUT2D eigenvalue weighted by molar-refractivity contribution is 7.21. The average molecular weight is 338 g/mol. The third-order valence-corrected chi connectivity index (χ3v) is 4.44. The number of benzene rings is 1. The number of imide groups is 1. The lowest BCUT2D eigenvalue weighted by Crippen LogP contribution is -2.43. The van der Waals surface area contributed by atoms with E-state index in [0.29, 0.717) is 15.6 Å². The summed E-state index contributed by atoms with van der Waals surface area (Å²) < 4.78 is 19.5. The highest BCUT2D eigenvalue weighted by atomic mass is 32.1. The van der Waals surface area contributed by atoms with Gasteiger partial charge < -0.3 is 10.1 Å². The Bertz CT molecular complexity index is 787. The Balaban J connectivity index is 2.18. The number of carbonyl (C=O) groups is 3. The molecule has 0 spiro atoms. The van der Waals surface area contributed by atoms with Crippen molar-refractivity contribution < 1.29 is 23.5 Å². The first-order valence-electron chi connectivity index (χ1n) is 6.76. The molecule has 0 fully saturated rings. The van der Waals surface area contributed by atoms with Crippen LogP contribution in [0, 0.1) is 12.7 Å². The summed E-state index contributed by atoms with van der Waals surface area (Å²) in [6.07, 6.45) is -1.16. The number of carbonyl (C=O) groups excluding carboxylic acids is 3. The number of halogens is 1. The molecule has 0 unspecified atom stereocenters. The Labute approximate surface area is 135 Å². The third-order valence-electron chi connectivity index (χ3n) is 3.21. The van der Waals surface area contributed by atoms with Crippen molar-refractivity contribution in [1.82, 2.24) is 10.6 Å². The lowest BCUT2D eigenvalue weighted by Gasteiger charge is -2.12. The van der Waals surface area contributed by atoms with Gasteiger partial charge in [0.2, 0.25) is 0 Å². The maximum absolute atomic E-state index is 13.8. The zero-order valence-corrected chi connectivity index (χ0v) is 13.5. The molecule has 1 heterocycles. The molecule has 0 aliphatic carbocycles. The summed E-state index contributed by atoms with van der Waals surface area (Å²) in [5, 5.41) is 4.60. The Morgan fingerprint density at radius 2 is 2.00 bits per heavy atom. The van der Waals surface area contributed by atoms with E-state index in [-0.39, 0.29) is 4.88 Å². The fourth-order valence-electron chi connectivity index (χ4n) is 1.99. The number of rotatable bonds is 3. The predicted octanol–water partition coefficient (Wildman–Crippen LogP) is 2.35. The lowest BCUT2D eigenvalue weighted by atomic mass is 10.1. The Morgan fingerprint density at radius 3 is 2.61 bits per heavy atom. The highest BCUT2D eigenvalue weighted by Gasteiger charge is 2.24. The van der Waals surface area contributed by atoms with Gasteiger partial charge in [0.1, 0.15) is 10.7 Å². The van der Waals surface area contributed by atoms with Crippen molar-refractivity contribution in [3.05, 3.63) is 34.5 Å². The molecule has 1 atom stereocenters. The van der Waals surface area contributed by atoms with Crippen LogP contribution in [0.2, 0.25) is 0 Å². The molecule has 0 saturated carbocycles. The van der Waals surface area contributed by atoms with Crippen molar-refractivity contribution in [1.29, 1.82) is 0 Å². The number of esters is 1. The van der Waals surface area contributed by atoms with Crippen LogP contribution >= 0.6 is 11.3 Å². The molecule has 0 bridgehead atoms. The fraction of sp³-hybridized carbons (Fsp3) is 0.267. The number of nitrogens with one attached hydrogen (secondary N) is 2. The zero-order valence-electron chi connectivity index (χ0n) is 12.7. The van der Waals surface area contributed by atoms with Crippen LogP contribution in [-0.2, 0) is 9.53 Å². The molecule has 122 valence electrons. The molecular weight excluding hydrogens is 323 g/mol. The van der Waals surface area contributed by atoms with Crippen molar-refractivity contribution >= 4 is 39.3 Å². The number of amides is 3. The second-order valence-corrected chi connectivity index (χ2v) is 5.84. The van der Waals surface area contributed by atoms with Gasteiger partial charge in [-0.3, -0.25) is 10.1 Å². The molecular formula is C15H15FN2O4S. The van der Waals surface area contributed by atoms with Gasteiger partial charge in [0.25, 0.3) is 5.91 Å². The highest BCUT2D eigenvalue weighted by Crippen LogP contribution is 2.33. The normalized spacial score (nSPS) is 11.8. The molecule has 0 radical (unpaired) electrons. The average Bonchev–Trinajstić information content (AvgIpc) is 2.85. The molecule has 0 aliphatic rings. The SMILES string of the molecule is CNC(=O)NC(=O)[C@H](C)OC(=O)c1sc2cccc(F)c2c1C. The van der Waals surface area contributed by atoms with Crippen molar-refractivity contribution in [3.63, 3.8) is 0 Å². The van der Waals surface area contributed by atoms with Gasteiger partial charge >= 0.3 is 12.0 Å². The summed E-state index contributed by atoms with van der Waals surface area (Å²) in [5.41, 5.74) is 0.465. The minimum absolute atomic E-state index is 0.227. The zero-order chi connectivity index (χ0) is 17.1. The van der Waals surface area contributed by atoms with E-state index in [1.165, 1.54) is 20.0 Å². The van der Waals surface area contributed by atoms with Crippen LogP contribution in [0.1, 0.15) is 22.2 Å². The minimum atomic E-state index is -1.16. The summed E-state index contributed by atoms with van der Waals surface area (Å²) in [6, 6.07) is 3.88. The van der Waals surface area contributed by atoms with E-state index >= 15 is 0 Å². The van der Waals surface area contributed by atoms with Gasteiger partial charge in [-0.25, -0.2) is 14.0 Å². The number of aryl methyl sites for hydroxylation is 1. The number of thiophene rings is 1. The van der Waals surface area contributed by atoms with Crippen molar-refractivity contribution in [3.8, 4) is 0 Å². The smallest absolute Gasteiger partial charge is 0.349 e. The van der Waals surface area contributed by atoms with Gasteiger partial charge in [-0.05, 0) is 31.5 Å². The third kappa shape index (κ3) is 3.48. The van der Waals surface area contributed by atoms with Crippen LogP contribution in [0.4, 0.5) is 9.18 Å². The predicted molar refractivity (Wildman–Crippen MR) is 84.0 cm³/mol. The number of hydrogen-bond acceptors (Lipinski definition) is 5. The summed E-state index contributed by atoms with van der Waals surface area (Å²) >= 11 is 1.09. The second kappa shape index (κ2) is 6.74. The lowest BCUT2D eigenvalue weighted by molar-refractivity contribution is -0.127. The summed E-state index contributed by atoms with van der Waals surface area (Å²) in [6.45, 7) is 2.97. The second-order valence-electron chi connectivity index (χ2n) is 4.79. The summed E-state index contributed by atoms with van der Waals surface area (Å²) in [4.78, 5) is 35.2. The topological polar surface area (TPSA) is 84.5 Å². The molecule has 1 aromatic carbocycles. The largest absolute Gasteiger partial charge is 0.448 e. The molecule has 1 aromatic heterocycles. The Morgan fingerprint density at radius 1 is 1.30 bits per heavy atom. The molecule has 2 aromatic rings. The van der Waals surface area contributed by atoms with Crippen molar-refractivity contribution in [2.45, 2.75) is 20.0 Å². The molecule has 2 N–H and O–H groups in total. The van der Waals surface area contributed by atoms with Crippen LogP contribution in [0.5, 0.6) is 0 Å². The van der Waals surface area contributed by atoms with E-state index in [1.807, 2.05) is 5.32 Å². The Hall–Kier alpha value is -2.48. The fourth-order valence-corrected chi connectivity index (χ4v) is 3.10.